The van der Waals surface area contributed by atoms with Crippen LogP contribution in [0, 0.1) is 0 Å². The van der Waals surface area contributed by atoms with Gasteiger partial charge in [0.1, 0.15) is 17.6 Å². The number of aliphatic hydroxyl groups excluding tert-OH is 2. The molecule has 0 heterocycles. The molecule has 0 radical (unpaired) electrons. The highest BCUT2D eigenvalue weighted by atomic mass is 16.5. The molecule has 1 aromatic carbocycles. The van der Waals surface area contributed by atoms with Gasteiger partial charge in [-0.15, -0.1) is 0 Å². The molecule has 0 saturated heterocycles. The van der Waals surface area contributed by atoms with Gasteiger partial charge >= 0.3 is 0 Å². The molecule has 0 aliphatic rings. The van der Waals surface area contributed by atoms with Gasteiger partial charge < -0.3 is 20.1 Å². The van der Waals surface area contributed by atoms with Gasteiger partial charge in [-0.2, -0.15) is 0 Å². The number of methoxy groups -OCH3 is 1. The van der Waals surface area contributed by atoms with Crippen molar-refractivity contribution in [2.75, 3.05) is 13.7 Å². The van der Waals surface area contributed by atoms with Gasteiger partial charge in [0.25, 0.3) is 0 Å². The van der Waals surface area contributed by atoms with E-state index < -0.39 is 12.2 Å². The van der Waals surface area contributed by atoms with E-state index in [4.69, 9.17) is 10.3 Å². The zero-order valence-electron chi connectivity index (χ0n) is 9.19. The van der Waals surface area contributed by atoms with E-state index in [0.717, 1.165) is 0 Å². The summed E-state index contributed by atoms with van der Waals surface area (Å²) in [6, 6.07) is 4.14. The largest absolute Gasteiger partial charge is 0.508 e. The van der Waals surface area contributed by atoms with Gasteiger partial charge in [-0.3, -0.25) is 0 Å². The monoisotopic (exact) mass is 239 g/mol. The first-order valence-electron chi connectivity index (χ1n) is 4.84. The molecule has 2 unspecified atom stereocenters. The average Bonchev–Trinajstić information content (AvgIpc) is 2.34. The standard InChI is InChI=1S/C10H13N3O4/c1-17-9-3-2-6(14)4-7(9)10(16)8(15)5-12-13-11/h2-4,8,10,14-16H,5H2,1H3. The van der Waals surface area contributed by atoms with E-state index in [1.165, 1.54) is 25.3 Å². The van der Waals surface area contributed by atoms with E-state index >= 15 is 0 Å². The Bertz CT molecular complexity index is 432. The van der Waals surface area contributed by atoms with E-state index in [1.807, 2.05) is 0 Å². The number of benzene rings is 1. The molecule has 0 aliphatic carbocycles. The van der Waals surface area contributed by atoms with Crippen molar-refractivity contribution in [1.29, 1.82) is 0 Å². The molecule has 0 aliphatic heterocycles. The van der Waals surface area contributed by atoms with Crippen molar-refractivity contribution >= 4 is 0 Å². The van der Waals surface area contributed by atoms with Gasteiger partial charge in [-0.25, -0.2) is 0 Å². The van der Waals surface area contributed by atoms with Gasteiger partial charge in [-0.05, 0) is 23.7 Å². The highest BCUT2D eigenvalue weighted by molar-refractivity contribution is 5.41. The van der Waals surface area contributed by atoms with Gasteiger partial charge in [0.15, 0.2) is 0 Å². The first-order chi connectivity index (χ1) is 8.10. The van der Waals surface area contributed by atoms with Crippen molar-refractivity contribution in [3.8, 4) is 11.5 Å². The Labute approximate surface area is 97.5 Å². The zero-order chi connectivity index (χ0) is 12.8. The molecule has 0 aromatic heterocycles. The van der Waals surface area contributed by atoms with Crippen LogP contribution in [0.5, 0.6) is 11.5 Å². The number of aromatic hydroxyl groups is 1. The molecule has 92 valence electrons. The van der Waals surface area contributed by atoms with Crippen LogP contribution in [-0.2, 0) is 0 Å². The summed E-state index contributed by atoms with van der Waals surface area (Å²) >= 11 is 0. The summed E-state index contributed by atoms with van der Waals surface area (Å²) in [4.78, 5) is 2.49. The highest BCUT2D eigenvalue weighted by Crippen LogP contribution is 2.30. The molecule has 1 aromatic rings. The van der Waals surface area contributed by atoms with E-state index in [9.17, 15) is 15.3 Å². The number of rotatable bonds is 5. The molecule has 0 amide bonds. The normalized spacial score (nSPS) is 13.6. The topological polar surface area (TPSA) is 119 Å². The SMILES string of the molecule is COc1ccc(O)cc1C(O)C(O)CN=[N+]=[N-]. The molecule has 2 atom stereocenters. The Morgan fingerprint density at radius 3 is 2.76 bits per heavy atom. The second kappa shape index (κ2) is 5.95. The summed E-state index contributed by atoms with van der Waals surface area (Å²) in [5, 5.41) is 31.9. The molecule has 1 rings (SSSR count). The Kier molecular flexibility index (Phi) is 4.59. The Balaban J connectivity index is 2.97. The van der Waals surface area contributed by atoms with Crippen LogP contribution in [0.3, 0.4) is 0 Å². The fourth-order valence-electron chi connectivity index (χ4n) is 1.38. The first-order valence-corrected chi connectivity index (χ1v) is 4.84. The number of phenols is 1. The fraction of sp³-hybridized carbons (Fsp3) is 0.400. The van der Waals surface area contributed by atoms with E-state index in [-0.39, 0.29) is 17.9 Å². The molecular weight excluding hydrogens is 226 g/mol. The predicted octanol–water partition coefficient (Wildman–Crippen LogP) is 1.11. The minimum atomic E-state index is -1.30. The number of phenolic OH excluding ortho intramolecular Hbond substituents is 1. The highest BCUT2D eigenvalue weighted by Gasteiger charge is 2.21. The molecule has 7 heteroatoms. The van der Waals surface area contributed by atoms with Crippen molar-refractivity contribution in [3.63, 3.8) is 0 Å². The molecule has 3 N–H and O–H groups in total. The summed E-state index contributed by atoms with van der Waals surface area (Å²) in [5.74, 6) is 0.270. The van der Waals surface area contributed by atoms with Crippen LogP contribution in [0.1, 0.15) is 11.7 Å². The number of nitrogens with zero attached hydrogens (tertiary/aromatic N) is 3. The van der Waals surface area contributed by atoms with Crippen LogP contribution in [0.15, 0.2) is 23.3 Å². The lowest BCUT2D eigenvalue weighted by molar-refractivity contribution is 0.0229. The molecule has 0 fully saturated rings. The van der Waals surface area contributed by atoms with E-state index in [2.05, 4.69) is 10.0 Å². The smallest absolute Gasteiger partial charge is 0.125 e. The Morgan fingerprint density at radius 1 is 1.47 bits per heavy atom. The van der Waals surface area contributed by atoms with Gasteiger partial charge in [-0.1, -0.05) is 5.11 Å². The van der Waals surface area contributed by atoms with E-state index in [0.29, 0.717) is 5.75 Å². The predicted molar refractivity (Wildman–Crippen MR) is 59.6 cm³/mol. The third-order valence-electron chi connectivity index (χ3n) is 2.23. The van der Waals surface area contributed by atoms with Crippen LogP contribution in [0.2, 0.25) is 0 Å². The lowest BCUT2D eigenvalue weighted by atomic mass is 10.0. The maximum absolute atomic E-state index is 9.83. The fourth-order valence-corrected chi connectivity index (χ4v) is 1.38. The second-order valence-electron chi connectivity index (χ2n) is 3.35. The van der Waals surface area contributed by atoms with Crippen LogP contribution in [-0.4, -0.2) is 35.1 Å². The van der Waals surface area contributed by atoms with Gasteiger partial charge in [0, 0.05) is 10.5 Å². The minimum absolute atomic E-state index is 0.0594. The maximum Gasteiger partial charge on any atom is 0.125 e. The van der Waals surface area contributed by atoms with Gasteiger partial charge in [0.05, 0.1) is 19.8 Å². The third-order valence-corrected chi connectivity index (χ3v) is 2.23. The zero-order valence-corrected chi connectivity index (χ0v) is 9.19. The first kappa shape index (κ1) is 13.1. The summed E-state index contributed by atoms with van der Waals surface area (Å²) in [7, 11) is 1.41. The Morgan fingerprint density at radius 2 is 2.18 bits per heavy atom. The molecule has 17 heavy (non-hydrogen) atoms. The molecule has 0 bridgehead atoms. The second-order valence-corrected chi connectivity index (χ2v) is 3.35. The summed E-state index contributed by atoms with van der Waals surface area (Å²) in [6.07, 6.45) is -2.57. The number of azide groups is 1. The number of aliphatic hydroxyl groups is 2. The van der Waals surface area contributed by atoms with Gasteiger partial charge in [0.2, 0.25) is 0 Å². The van der Waals surface area contributed by atoms with Crippen molar-refractivity contribution in [1.82, 2.24) is 0 Å². The quantitative estimate of drug-likeness (QED) is 0.405. The summed E-state index contributed by atoms with van der Waals surface area (Å²) in [5.41, 5.74) is 8.34. The lowest BCUT2D eigenvalue weighted by Gasteiger charge is -2.18. The molecule has 0 saturated carbocycles. The number of hydrogen-bond donors (Lipinski definition) is 3. The van der Waals surface area contributed by atoms with Crippen LogP contribution in [0.25, 0.3) is 10.4 Å². The van der Waals surface area contributed by atoms with E-state index in [1.54, 1.807) is 0 Å². The molecule has 0 spiro atoms. The van der Waals surface area contributed by atoms with Crippen LogP contribution < -0.4 is 4.74 Å². The third kappa shape index (κ3) is 3.25. The minimum Gasteiger partial charge on any atom is -0.508 e. The maximum atomic E-state index is 9.83. The molecular formula is C10H13N3O4. The summed E-state index contributed by atoms with van der Waals surface area (Å²) in [6.45, 7) is -0.267. The van der Waals surface area contributed by atoms with Crippen LogP contribution >= 0.6 is 0 Å². The average molecular weight is 239 g/mol. The molecule has 7 nitrogen and oxygen atoms in total. The summed E-state index contributed by atoms with van der Waals surface area (Å²) < 4.78 is 4.99. The number of hydrogen-bond acceptors (Lipinski definition) is 5. The lowest BCUT2D eigenvalue weighted by Crippen LogP contribution is -2.21. The van der Waals surface area contributed by atoms with Crippen LogP contribution in [0.4, 0.5) is 0 Å². The van der Waals surface area contributed by atoms with Crippen molar-refractivity contribution in [3.05, 3.63) is 34.2 Å². The van der Waals surface area contributed by atoms with Crippen molar-refractivity contribution in [2.24, 2.45) is 5.11 Å². The number of ether oxygens (including phenoxy) is 1. The van der Waals surface area contributed by atoms with Crippen molar-refractivity contribution < 1.29 is 20.1 Å². The van der Waals surface area contributed by atoms with Crippen molar-refractivity contribution in [2.45, 2.75) is 12.2 Å². The Hall–Kier alpha value is -1.95.